The van der Waals surface area contributed by atoms with Gasteiger partial charge in [0.1, 0.15) is 5.69 Å². The van der Waals surface area contributed by atoms with E-state index in [1.807, 2.05) is 13.1 Å². The van der Waals surface area contributed by atoms with Gasteiger partial charge in [-0.15, -0.1) is 0 Å². The molecule has 1 N–H and O–H groups in total. The Morgan fingerprint density at radius 3 is 2.84 bits per heavy atom. The van der Waals surface area contributed by atoms with Gasteiger partial charge in [-0.3, -0.25) is 9.58 Å². The number of nitrogens with zero attached hydrogens (tertiary/aromatic N) is 5. The lowest BCUT2D eigenvalue weighted by atomic mass is 10.2. The van der Waals surface area contributed by atoms with Crippen LogP contribution in [0.1, 0.15) is 18.8 Å². The molecule has 2 aromatic rings. The highest BCUT2D eigenvalue weighted by atomic mass is 16.5. The minimum Gasteiger partial charge on any atom is -0.332 e. The van der Waals surface area contributed by atoms with Gasteiger partial charge in [0.2, 0.25) is 0 Å². The van der Waals surface area contributed by atoms with Crippen LogP contribution in [0.5, 0.6) is 0 Å². The van der Waals surface area contributed by atoms with Gasteiger partial charge in [0.25, 0.3) is 5.89 Å². The van der Waals surface area contributed by atoms with Gasteiger partial charge >= 0.3 is 0 Å². The minimum absolute atomic E-state index is 0.174. The van der Waals surface area contributed by atoms with Gasteiger partial charge in [-0.05, 0) is 13.0 Å². The third kappa shape index (κ3) is 2.39. The molecule has 1 saturated heterocycles. The maximum atomic E-state index is 5.34. The minimum atomic E-state index is 0.174. The Bertz CT molecular complexity index is 542. The van der Waals surface area contributed by atoms with E-state index in [9.17, 15) is 0 Å². The van der Waals surface area contributed by atoms with Crippen LogP contribution in [0, 0.1) is 0 Å². The van der Waals surface area contributed by atoms with Gasteiger partial charge in [-0.25, -0.2) is 0 Å². The van der Waals surface area contributed by atoms with E-state index >= 15 is 0 Å². The smallest absolute Gasteiger partial charge is 0.276 e. The molecule has 0 bridgehead atoms. The fraction of sp³-hybridized carbons (Fsp3) is 0.583. The zero-order valence-corrected chi connectivity index (χ0v) is 11.2. The third-order valence-corrected chi connectivity index (χ3v) is 3.55. The highest BCUT2D eigenvalue weighted by Crippen LogP contribution is 2.21. The molecule has 1 unspecified atom stereocenters. The van der Waals surface area contributed by atoms with Crippen molar-refractivity contribution in [3.8, 4) is 11.6 Å². The molecular formula is C12H18N6O. The molecule has 0 spiro atoms. The first-order valence-corrected chi connectivity index (χ1v) is 6.52. The van der Waals surface area contributed by atoms with Crippen LogP contribution in [-0.4, -0.2) is 51.0 Å². The number of aryl methyl sites for hydroxylation is 1. The van der Waals surface area contributed by atoms with E-state index in [0.29, 0.717) is 5.89 Å². The summed E-state index contributed by atoms with van der Waals surface area (Å²) < 4.78 is 7.07. The van der Waals surface area contributed by atoms with Crippen LogP contribution >= 0.6 is 0 Å². The maximum Gasteiger partial charge on any atom is 0.276 e. The molecule has 0 amide bonds. The van der Waals surface area contributed by atoms with E-state index in [0.717, 1.165) is 37.7 Å². The standard InChI is InChI=1S/C12H18N6O/c1-9(18-7-5-13-6-8-18)11-15-12(19-16-11)10-3-4-14-17(10)2/h3-4,9,13H,5-8H2,1-2H3. The third-order valence-electron chi connectivity index (χ3n) is 3.55. The van der Waals surface area contributed by atoms with Gasteiger partial charge in [-0.2, -0.15) is 10.1 Å². The van der Waals surface area contributed by atoms with E-state index in [4.69, 9.17) is 4.52 Å². The van der Waals surface area contributed by atoms with Crippen LogP contribution in [0.4, 0.5) is 0 Å². The highest BCUT2D eigenvalue weighted by molar-refractivity contribution is 5.45. The van der Waals surface area contributed by atoms with Crippen molar-refractivity contribution in [2.45, 2.75) is 13.0 Å². The summed E-state index contributed by atoms with van der Waals surface area (Å²) in [7, 11) is 1.86. The highest BCUT2D eigenvalue weighted by Gasteiger charge is 2.23. The van der Waals surface area contributed by atoms with Gasteiger partial charge in [-0.1, -0.05) is 5.16 Å². The summed E-state index contributed by atoms with van der Waals surface area (Å²) in [5, 5.41) is 11.5. The van der Waals surface area contributed by atoms with E-state index in [1.165, 1.54) is 0 Å². The average Bonchev–Trinajstić information content (AvgIpc) is 3.07. The van der Waals surface area contributed by atoms with Crippen LogP contribution in [0.3, 0.4) is 0 Å². The molecule has 0 aliphatic carbocycles. The topological polar surface area (TPSA) is 72.0 Å². The molecule has 1 aliphatic rings. The Labute approximate surface area is 111 Å². The lowest BCUT2D eigenvalue weighted by Gasteiger charge is -2.30. The Kier molecular flexibility index (Phi) is 3.31. The largest absolute Gasteiger partial charge is 0.332 e. The molecule has 2 aromatic heterocycles. The van der Waals surface area contributed by atoms with Crippen LogP contribution in [0.15, 0.2) is 16.8 Å². The number of hydrogen-bond donors (Lipinski definition) is 1. The number of aromatic nitrogens is 4. The summed E-state index contributed by atoms with van der Waals surface area (Å²) in [6, 6.07) is 2.04. The molecule has 7 nitrogen and oxygen atoms in total. The molecule has 102 valence electrons. The predicted molar refractivity (Wildman–Crippen MR) is 69.4 cm³/mol. The summed E-state index contributed by atoms with van der Waals surface area (Å²) in [5.74, 6) is 1.26. The van der Waals surface area contributed by atoms with Crippen molar-refractivity contribution in [1.29, 1.82) is 0 Å². The summed E-state index contributed by atoms with van der Waals surface area (Å²) >= 11 is 0. The molecule has 3 heterocycles. The van der Waals surface area contributed by atoms with E-state index in [1.54, 1.807) is 10.9 Å². The normalized spacial score (nSPS) is 18.6. The zero-order valence-electron chi connectivity index (χ0n) is 11.2. The van der Waals surface area contributed by atoms with E-state index in [-0.39, 0.29) is 6.04 Å². The second kappa shape index (κ2) is 5.10. The maximum absolute atomic E-state index is 5.34. The lowest BCUT2D eigenvalue weighted by Crippen LogP contribution is -2.44. The predicted octanol–water partition coefficient (Wildman–Crippen LogP) is 0.436. The molecule has 0 aromatic carbocycles. The van der Waals surface area contributed by atoms with Crippen molar-refractivity contribution in [1.82, 2.24) is 30.1 Å². The number of rotatable bonds is 3. The molecule has 3 rings (SSSR count). The quantitative estimate of drug-likeness (QED) is 0.865. The van der Waals surface area contributed by atoms with Crippen molar-refractivity contribution in [3.63, 3.8) is 0 Å². The first kappa shape index (κ1) is 12.3. The summed E-state index contributed by atoms with van der Waals surface area (Å²) in [6.07, 6.45) is 1.72. The molecular weight excluding hydrogens is 244 g/mol. The number of hydrogen-bond acceptors (Lipinski definition) is 6. The van der Waals surface area contributed by atoms with E-state index in [2.05, 4.69) is 32.4 Å². The summed E-state index contributed by atoms with van der Waals surface area (Å²) in [4.78, 5) is 6.84. The average molecular weight is 262 g/mol. The first-order valence-electron chi connectivity index (χ1n) is 6.52. The molecule has 1 atom stereocenters. The van der Waals surface area contributed by atoms with Crippen molar-refractivity contribution < 1.29 is 4.52 Å². The van der Waals surface area contributed by atoms with Gasteiger partial charge < -0.3 is 9.84 Å². The molecule has 19 heavy (non-hydrogen) atoms. The first-order chi connectivity index (χ1) is 9.25. The van der Waals surface area contributed by atoms with Crippen molar-refractivity contribution in [3.05, 3.63) is 18.1 Å². The van der Waals surface area contributed by atoms with Crippen molar-refractivity contribution in [2.75, 3.05) is 26.2 Å². The molecule has 7 heteroatoms. The van der Waals surface area contributed by atoms with Crippen LogP contribution in [-0.2, 0) is 7.05 Å². The lowest BCUT2D eigenvalue weighted by molar-refractivity contribution is 0.176. The molecule has 0 radical (unpaired) electrons. The zero-order chi connectivity index (χ0) is 13.2. The van der Waals surface area contributed by atoms with Crippen molar-refractivity contribution in [2.24, 2.45) is 7.05 Å². The fourth-order valence-corrected chi connectivity index (χ4v) is 2.33. The number of nitrogens with one attached hydrogen (secondary N) is 1. The Hall–Kier alpha value is -1.73. The fourth-order valence-electron chi connectivity index (χ4n) is 2.33. The van der Waals surface area contributed by atoms with Crippen LogP contribution < -0.4 is 5.32 Å². The van der Waals surface area contributed by atoms with E-state index < -0.39 is 0 Å². The Morgan fingerprint density at radius 2 is 2.16 bits per heavy atom. The SMILES string of the molecule is CC(c1noc(-c2ccnn2C)n1)N1CCNCC1. The molecule has 1 fully saturated rings. The monoisotopic (exact) mass is 262 g/mol. The summed E-state index contributed by atoms with van der Waals surface area (Å²) in [6.45, 7) is 6.16. The van der Waals surface area contributed by atoms with Gasteiger partial charge in [0, 0.05) is 39.4 Å². The van der Waals surface area contributed by atoms with Gasteiger partial charge in [0.15, 0.2) is 5.82 Å². The van der Waals surface area contributed by atoms with Gasteiger partial charge in [0.05, 0.1) is 6.04 Å². The Morgan fingerprint density at radius 1 is 1.37 bits per heavy atom. The van der Waals surface area contributed by atoms with Crippen LogP contribution in [0.2, 0.25) is 0 Å². The second-order valence-corrected chi connectivity index (χ2v) is 4.76. The van der Waals surface area contributed by atoms with Crippen LogP contribution in [0.25, 0.3) is 11.6 Å². The number of piperazine rings is 1. The molecule has 0 saturated carbocycles. The molecule has 1 aliphatic heterocycles. The second-order valence-electron chi connectivity index (χ2n) is 4.76. The van der Waals surface area contributed by atoms with Crippen molar-refractivity contribution >= 4 is 0 Å². The Balaban J connectivity index is 1.79. The summed E-state index contributed by atoms with van der Waals surface area (Å²) in [5.41, 5.74) is 0.839.